The van der Waals surface area contributed by atoms with Gasteiger partial charge in [-0.15, -0.1) is 5.10 Å². The van der Waals surface area contributed by atoms with E-state index in [1.165, 1.54) is 6.42 Å². The number of aryl methyl sites for hydroxylation is 2. The van der Waals surface area contributed by atoms with Crippen molar-refractivity contribution in [3.05, 3.63) is 29.1 Å². The number of benzene rings is 1. The predicted molar refractivity (Wildman–Crippen MR) is 85.4 cm³/mol. The van der Waals surface area contributed by atoms with Crippen molar-refractivity contribution in [2.45, 2.75) is 39.2 Å². The van der Waals surface area contributed by atoms with Crippen molar-refractivity contribution in [3.8, 4) is 5.69 Å². The molecule has 1 amide bonds. The molecule has 3 heterocycles. The minimum atomic E-state index is -0.432. The summed E-state index contributed by atoms with van der Waals surface area (Å²) in [4.78, 5) is 15.1. The van der Waals surface area contributed by atoms with Gasteiger partial charge in [0.1, 0.15) is 0 Å². The highest BCUT2D eigenvalue weighted by molar-refractivity contribution is 5.98. The summed E-state index contributed by atoms with van der Waals surface area (Å²) in [7, 11) is 0. The first kappa shape index (κ1) is 14.3. The van der Waals surface area contributed by atoms with Crippen LogP contribution in [0, 0.1) is 13.8 Å². The van der Waals surface area contributed by atoms with Crippen LogP contribution in [-0.2, 0) is 4.79 Å². The molecule has 120 valence electrons. The zero-order valence-electron chi connectivity index (χ0n) is 13.4. The van der Waals surface area contributed by atoms with E-state index in [0.717, 1.165) is 48.4 Å². The lowest BCUT2D eigenvalue weighted by atomic mass is 10.1. The van der Waals surface area contributed by atoms with Gasteiger partial charge in [0.25, 0.3) is 0 Å². The van der Waals surface area contributed by atoms with Gasteiger partial charge < -0.3 is 5.32 Å². The van der Waals surface area contributed by atoms with E-state index in [4.69, 9.17) is 0 Å². The molecule has 2 aliphatic heterocycles. The summed E-state index contributed by atoms with van der Waals surface area (Å²) in [5, 5.41) is 15.2. The Morgan fingerprint density at radius 2 is 1.87 bits per heavy atom. The number of rotatable bonds is 1. The van der Waals surface area contributed by atoms with Gasteiger partial charge in [-0.1, -0.05) is 6.42 Å². The minimum absolute atomic E-state index is 0.0510. The molecular formula is C16H20N6O. The number of aromatic nitrogens is 4. The molecule has 1 aromatic heterocycles. The minimum Gasteiger partial charge on any atom is -0.322 e. The maximum absolute atomic E-state index is 12.9. The average Bonchev–Trinajstić information content (AvgIpc) is 2.97. The third-order valence-electron chi connectivity index (χ3n) is 4.84. The van der Waals surface area contributed by atoms with Gasteiger partial charge >= 0.3 is 0 Å². The van der Waals surface area contributed by atoms with Crippen LogP contribution in [0.3, 0.4) is 0 Å². The van der Waals surface area contributed by atoms with Gasteiger partial charge in [-0.3, -0.25) is 9.69 Å². The molecule has 0 saturated carbocycles. The lowest BCUT2D eigenvalue weighted by Gasteiger charge is -2.31. The highest BCUT2D eigenvalue weighted by Crippen LogP contribution is 2.33. The largest absolute Gasteiger partial charge is 0.322 e. The summed E-state index contributed by atoms with van der Waals surface area (Å²) < 4.78 is 1.71. The molecule has 4 rings (SSSR count). The third-order valence-corrected chi connectivity index (χ3v) is 4.84. The van der Waals surface area contributed by atoms with Gasteiger partial charge in [0.2, 0.25) is 5.91 Å². The van der Waals surface area contributed by atoms with E-state index in [-0.39, 0.29) is 5.91 Å². The molecule has 0 spiro atoms. The first-order chi connectivity index (χ1) is 11.1. The van der Waals surface area contributed by atoms with Crippen molar-refractivity contribution >= 4 is 11.6 Å². The number of hydrogen-bond acceptors (Lipinski definition) is 5. The molecule has 1 N–H and O–H groups in total. The van der Waals surface area contributed by atoms with Gasteiger partial charge in [0.15, 0.2) is 11.9 Å². The molecule has 1 fully saturated rings. The predicted octanol–water partition coefficient (Wildman–Crippen LogP) is 1.76. The second-order valence-electron chi connectivity index (χ2n) is 6.39. The van der Waals surface area contributed by atoms with Crippen LogP contribution in [0.4, 0.5) is 5.69 Å². The van der Waals surface area contributed by atoms with Crippen LogP contribution in [0.5, 0.6) is 0 Å². The molecule has 1 atom stereocenters. The molecular weight excluding hydrogens is 292 g/mol. The number of carbonyl (C=O) groups is 1. The summed E-state index contributed by atoms with van der Waals surface area (Å²) in [5.74, 6) is 0.552. The van der Waals surface area contributed by atoms with Crippen molar-refractivity contribution in [2.24, 2.45) is 0 Å². The number of tetrazole rings is 1. The second-order valence-corrected chi connectivity index (χ2v) is 6.39. The van der Waals surface area contributed by atoms with Crippen LogP contribution < -0.4 is 5.32 Å². The number of amides is 1. The number of likely N-dealkylation sites (tertiary alicyclic amines) is 1. The molecule has 1 aromatic carbocycles. The number of nitrogens with zero attached hydrogens (tertiary/aromatic N) is 5. The fourth-order valence-electron chi connectivity index (χ4n) is 3.44. The van der Waals surface area contributed by atoms with E-state index in [1.807, 2.05) is 19.1 Å². The fraction of sp³-hybridized carbons (Fsp3) is 0.500. The first-order valence-corrected chi connectivity index (χ1v) is 8.10. The SMILES string of the molecule is Cc1cc2c(cc1C)-n1nnnc1C(N1CCCCC1)C(=O)N2. The second kappa shape index (κ2) is 5.42. The summed E-state index contributed by atoms with van der Waals surface area (Å²) in [6.45, 7) is 5.89. The van der Waals surface area contributed by atoms with Crippen LogP contribution in [0.15, 0.2) is 12.1 Å². The number of anilines is 1. The van der Waals surface area contributed by atoms with Crippen molar-refractivity contribution in [2.75, 3.05) is 18.4 Å². The maximum atomic E-state index is 12.9. The zero-order valence-corrected chi connectivity index (χ0v) is 13.4. The maximum Gasteiger partial charge on any atom is 0.249 e. The Labute approximate surface area is 134 Å². The Morgan fingerprint density at radius 3 is 2.65 bits per heavy atom. The molecule has 0 bridgehead atoms. The summed E-state index contributed by atoms with van der Waals surface area (Å²) in [5.41, 5.74) is 3.89. The quantitative estimate of drug-likeness (QED) is 0.868. The van der Waals surface area contributed by atoms with Gasteiger partial charge in [-0.25, -0.2) is 0 Å². The molecule has 2 aliphatic rings. The van der Waals surface area contributed by atoms with Crippen LogP contribution >= 0.6 is 0 Å². The van der Waals surface area contributed by atoms with Gasteiger partial charge in [0, 0.05) is 0 Å². The highest BCUT2D eigenvalue weighted by Gasteiger charge is 2.36. The van der Waals surface area contributed by atoms with E-state index in [0.29, 0.717) is 5.82 Å². The molecule has 0 radical (unpaired) electrons. The highest BCUT2D eigenvalue weighted by atomic mass is 16.2. The molecule has 7 heteroatoms. The zero-order chi connectivity index (χ0) is 16.0. The number of hydrogen-bond donors (Lipinski definition) is 1. The van der Waals surface area contributed by atoms with E-state index in [2.05, 4.69) is 32.7 Å². The lowest BCUT2D eigenvalue weighted by Crippen LogP contribution is -2.40. The normalized spacial score (nSPS) is 21.3. The van der Waals surface area contributed by atoms with Gasteiger partial charge in [0.05, 0.1) is 11.4 Å². The summed E-state index contributed by atoms with van der Waals surface area (Å²) in [6.07, 6.45) is 3.43. The lowest BCUT2D eigenvalue weighted by molar-refractivity contribution is -0.122. The molecule has 0 aliphatic carbocycles. The van der Waals surface area contributed by atoms with Crippen molar-refractivity contribution in [3.63, 3.8) is 0 Å². The van der Waals surface area contributed by atoms with Crippen LogP contribution in [-0.4, -0.2) is 44.1 Å². The number of carbonyl (C=O) groups excluding carboxylic acids is 1. The molecule has 23 heavy (non-hydrogen) atoms. The average molecular weight is 312 g/mol. The fourth-order valence-corrected chi connectivity index (χ4v) is 3.44. The van der Waals surface area contributed by atoms with Crippen molar-refractivity contribution < 1.29 is 4.79 Å². The smallest absolute Gasteiger partial charge is 0.249 e. The van der Waals surface area contributed by atoms with Crippen LogP contribution in [0.2, 0.25) is 0 Å². The van der Waals surface area contributed by atoms with Crippen LogP contribution in [0.25, 0.3) is 5.69 Å². The van der Waals surface area contributed by atoms with E-state index in [1.54, 1.807) is 4.68 Å². The van der Waals surface area contributed by atoms with Crippen LogP contribution in [0.1, 0.15) is 42.3 Å². The summed E-state index contributed by atoms with van der Waals surface area (Å²) in [6, 6.07) is 3.59. The van der Waals surface area contributed by atoms with Crippen molar-refractivity contribution in [1.82, 2.24) is 25.1 Å². The number of nitrogens with one attached hydrogen (secondary N) is 1. The number of fused-ring (bicyclic) bond motifs is 3. The molecule has 2 aromatic rings. The standard InChI is InChI=1S/C16H20N6O/c1-10-8-12-13(9-11(10)2)22-15(18-19-20-22)14(16(23)17-12)21-6-4-3-5-7-21/h8-9,14H,3-7H2,1-2H3,(H,17,23). The third kappa shape index (κ3) is 2.31. The summed E-state index contributed by atoms with van der Waals surface area (Å²) >= 11 is 0. The topological polar surface area (TPSA) is 75.9 Å². The Bertz CT molecular complexity index is 762. The van der Waals surface area contributed by atoms with Crippen molar-refractivity contribution in [1.29, 1.82) is 0 Å². The first-order valence-electron chi connectivity index (χ1n) is 8.10. The van der Waals surface area contributed by atoms with E-state index >= 15 is 0 Å². The number of piperidine rings is 1. The Hall–Kier alpha value is -2.28. The Morgan fingerprint density at radius 1 is 1.13 bits per heavy atom. The monoisotopic (exact) mass is 312 g/mol. The molecule has 1 unspecified atom stereocenters. The van der Waals surface area contributed by atoms with Gasteiger partial charge in [-0.2, -0.15) is 4.68 Å². The van der Waals surface area contributed by atoms with Gasteiger partial charge in [-0.05, 0) is 73.5 Å². The van der Waals surface area contributed by atoms with E-state index in [9.17, 15) is 4.79 Å². The van der Waals surface area contributed by atoms with E-state index < -0.39 is 6.04 Å². The Kier molecular flexibility index (Phi) is 3.37. The molecule has 1 saturated heterocycles. The molecule has 7 nitrogen and oxygen atoms in total. The Balaban J connectivity index is 1.85.